The SMILES string of the molecule is CCN1C(=O)C(=C/C(C)=C/c2ccccc2)C(=O)N(CC)C1=S. The van der Waals surface area contributed by atoms with Gasteiger partial charge in [0.2, 0.25) is 0 Å². The Kier molecular flexibility index (Phi) is 5.45. The molecule has 1 aliphatic rings. The van der Waals surface area contributed by atoms with E-state index in [-0.39, 0.29) is 22.5 Å². The van der Waals surface area contributed by atoms with Gasteiger partial charge in [-0.25, -0.2) is 0 Å². The molecule has 4 nitrogen and oxygen atoms in total. The van der Waals surface area contributed by atoms with Crippen LogP contribution in [-0.4, -0.2) is 39.8 Å². The molecular weight excluding hydrogens is 308 g/mol. The number of allylic oxidation sites excluding steroid dienone is 2. The summed E-state index contributed by atoms with van der Waals surface area (Å²) < 4.78 is 0. The standard InChI is InChI=1S/C18H20N2O2S/c1-4-19-16(21)15(17(22)20(5-2)18(19)23)12-13(3)11-14-9-7-6-8-10-14/h6-12H,4-5H2,1-3H3/b13-11+. The lowest BCUT2D eigenvalue weighted by Crippen LogP contribution is -2.55. The van der Waals surface area contributed by atoms with Crippen LogP contribution in [0.1, 0.15) is 26.3 Å². The number of hydrogen-bond acceptors (Lipinski definition) is 3. The van der Waals surface area contributed by atoms with Crippen LogP contribution in [0.5, 0.6) is 0 Å². The van der Waals surface area contributed by atoms with E-state index in [1.165, 1.54) is 9.80 Å². The molecule has 1 aromatic carbocycles. The molecule has 23 heavy (non-hydrogen) atoms. The molecule has 0 spiro atoms. The fourth-order valence-corrected chi connectivity index (χ4v) is 2.89. The topological polar surface area (TPSA) is 40.6 Å². The van der Waals surface area contributed by atoms with Crippen molar-refractivity contribution in [3.05, 3.63) is 53.1 Å². The molecule has 0 atom stereocenters. The number of thiocarbonyl (C=S) groups is 1. The molecule has 0 unspecified atom stereocenters. The van der Waals surface area contributed by atoms with Crippen LogP contribution in [0.2, 0.25) is 0 Å². The first-order chi connectivity index (χ1) is 11.0. The van der Waals surface area contributed by atoms with Gasteiger partial charge in [0.25, 0.3) is 11.8 Å². The molecule has 0 aromatic heterocycles. The van der Waals surface area contributed by atoms with Crippen molar-refractivity contribution in [2.45, 2.75) is 20.8 Å². The molecule has 0 aliphatic carbocycles. The Hall–Kier alpha value is -2.27. The molecule has 1 fully saturated rings. The van der Waals surface area contributed by atoms with E-state index in [9.17, 15) is 9.59 Å². The predicted molar refractivity (Wildman–Crippen MR) is 95.5 cm³/mol. The summed E-state index contributed by atoms with van der Waals surface area (Å²) in [4.78, 5) is 28.0. The monoisotopic (exact) mass is 328 g/mol. The zero-order chi connectivity index (χ0) is 17.0. The summed E-state index contributed by atoms with van der Waals surface area (Å²) in [5.41, 5.74) is 2.02. The maximum Gasteiger partial charge on any atom is 0.265 e. The van der Waals surface area contributed by atoms with Crippen LogP contribution in [0.15, 0.2) is 47.6 Å². The van der Waals surface area contributed by atoms with Gasteiger partial charge in [-0.2, -0.15) is 0 Å². The second-order valence-corrected chi connectivity index (χ2v) is 5.60. The van der Waals surface area contributed by atoms with E-state index in [0.717, 1.165) is 11.1 Å². The number of rotatable bonds is 4. The maximum absolute atomic E-state index is 12.5. The predicted octanol–water partition coefficient (Wildman–Crippen LogP) is 3.01. The third kappa shape index (κ3) is 3.56. The van der Waals surface area contributed by atoms with Crippen LogP contribution in [0.4, 0.5) is 0 Å². The van der Waals surface area contributed by atoms with Gasteiger partial charge < -0.3 is 0 Å². The summed E-state index contributed by atoms with van der Waals surface area (Å²) in [6, 6.07) is 9.77. The van der Waals surface area contributed by atoms with Gasteiger partial charge in [0, 0.05) is 13.1 Å². The average molecular weight is 328 g/mol. The van der Waals surface area contributed by atoms with Crippen LogP contribution in [0.3, 0.4) is 0 Å². The molecule has 0 bridgehead atoms. The zero-order valence-electron chi connectivity index (χ0n) is 13.6. The fraction of sp³-hybridized carbons (Fsp3) is 0.278. The Bertz CT molecular complexity index is 664. The minimum atomic E-state index is -0.326. The van der Waals surface area contributed by atoms with Gasteiger partial charge in [0.1, 0.15) is 5.57 Å². The highest BCUT2D eigenvalue weighted by atomic mass is 32.1. The van der Waals surface area contributed by atoms with Crippen molar-refractivity contribution in [1.29, 1.82) is 0 Å². The Balaban J connectivity index is 2.39. The van der Waals surface area contributed by atoms with Gasteiger partial charge in [0.05, 0.1) is 0 Å². The quantitative estimate of drug-likeness (QED) is 0.485. The highest BCUT2D eigenvalue weighted by Gasteiger charge is 2.37. The minimum Gasteiger partial charge on any atom is -0.285 e. The van der Waals surface area contributed by atoms with Crippen LogP contribution < -0.4 is 0 Å². The minimum absolute atomic E-state index is 0.159. The molecule has 0 saturated carbocycles. The van der Waals surface area contributed by atoms with E-state index in [4.69, 9.17) is 12.2 Å². The van der Waals surface area contributed by atoms with Gasteiger partial charge in [-0.3, -0.25) is 19.4 Å². The van der Waals surface area contributed by atoms with E-state index in [1.54, 1.807) is 6.08 Å². The second-order valence-electron chi connectivity index (χ2n) is 5.24. The number of nitrogens with zero attached hydrogens (tertiary/aromatic N) is 2. The van der Waals surface area contributed by atoms with Crippen molar-refractivity contribution in [2.24, 2.45) is 0 Å². The fourth-order valence-electron chi connectivity index (χ4n) is 2.46. The first kappa shape index (κ1) is 17.1. The third-order valence-electron chi connectivity index (χ3n) is 3.61. The van der Waals surface area contributed by atoms with Gasteiger partial charge in [-0.05, 0) is 50.2 Å². The first-order valence-electron chi connectivity index (χ1n) is 7.62. The van der Waals surface area contributed by atoms with E-state index in [1.807, 2.05) is 57.2 Å². The summed E-state index contributed by atoms with van der Waals surface area (Å²) in [5, 5.41) is 0.284. The summed E-state index contributed by atoms with van der Waals surface area (Å²) >= 11 is 5.24. The largest absolute Gasteiger partial charge is 0.285 e. The summed E-state index contributed by atoms with van der Waals surface area (Å²) in [6.07, 6.45) is 3.58. The second kappa shape index (κ2) is 7.33. The van der Waals surface area contributed by atoms with E-state index in [2.05, 4.69) is 0 Å². The smallest absolute Gasteiger partial charge is 0.265 e. The van der Waals surface area contributed by atoms with Crippen molar-refractivity contribution in [3.8, 4) is 0 Å². The van der Waals surface area contributed by atoms with Crippen LogP contribution in [-0.2, 0) is 9.59 Å². The molecule has 0 radical (unpaired) electrons. The van der Waals surface area contributed by atoms with Crippen molar-refractivity contribution in [2.75, 3.05) is 13.1 Å². The molecule has 120 valence electrons. The molecule has 1 aromatic rings. The molecule has 1 saturated heterocycles. The van der Waals surface area contributed by atoms with E-state index in [0.29, 0.717) is 13.1 Å². The Morgan fingerprint density at radius 2 is 1.57 bits per heavy atom. The molecular formula is C18H20N2O2S. The molecule has 1 heterocycles. The number of likely N-dealkylation sites (N-methyl/N-ethyl adjacent to an activating group) is 2. The summed E-state index contributed by atoms with van der Waals surface area (Å²) in [5.74, 6) is -0.652. The molecule has 5 heteroatoms. The zero-order valence-corrected chi connectivity index (χ0v) is 14.4. The number of carbonyl (C=O) groups excluding carboxylic acids is 2. The first-order valence-corrected chi connectivity index (χ1v) is 8.03. The Morgan fingerprint density at radius 3 is 2.04 bits per heavy atom. The number of amides is 2. The van der Waals surface area contributed by atoms with Crippen LogP contribution in [0.25, 0.3) is 6.08 Å². The molecule has 2 amide bonds. The van der Waals surface area contributed by atoms with Gasteiger partial charge in [-0.15, -0.1) is 0 Å². The number of carbonyl (C=O) groups is 2. The lowest BCUT2D eigenvalue weighted by molar-refractivity contribution is -0.133. The average Bonchev–Trinajstić information content (AvgIpc) is 2.53. The van der Waals surface area contributed by atoms with E-state index >= 15 is 0 Å². The molecule has 0 N–H and O–H groups in total. The summed E-state index contributed by atoms with van der Waals surface area (Å²) in [6.45, 7) is 6.46. The lowest BCUT2D eigenvalue weighted by Gasteiger charge is -2.35. The van der Waals surface area contributed by atoms with Gasteiger partial charge >= 0.3 is 0 Å². The van der Waals surface area contributed by atoms with Gasteiger partial charge in [0.15, 0.2) is 5.11 Å². The highest BCUT2D eigenvalue weighted by Crippen LogP contribution is 2.19. The lowest BCUT2D eigenvalue weighted by atomic mass is 10.1. The molecule has 1 aliphatic heterocycles. The number of benzene rings is 1. The van der Waals surface area contributed by atoms with Crippen molar-refractivity contribution < 1.29 is 9.59 Å². The van der Waals surface area contributed by atoms with Crippen molar-refractivity contribution in [3.63, 3.8) is 0 Å². The van der Waals surface area contributed by atoms with Crippen LogP contribution in [0, 0.1) is 0 Å². The van der Waals surface area contributed by atoms with Gasteiger partial charge in [-0.1, -0.05) is 36.4 Å². The third-order valence-corrected chi connectivity index (χ3v) is 4.05. The van der Waals surface area contributed by atoms with E-state index < -0.39 is 0 Å². The van der Waals surface area contributed by atoms with Crippen molar-refractivity contribution in [1.82, 2.24) is 9.80 Å². The molecule has 2 rings (SSSR count). The number of hydrogen-bond donors (Lipinski definition) is 0. The summed E-state index contributed by atoms with van der Waals surface area (Å²) in [7, 11) is 0. The van der Waals surface area contributed by atoms with Crippen LogP contribution >= 0.6 is 12.2 Å². The Morgan fingerprint density at radius 1 is 1.04 bits per heavy atom. The Labute approximate surface area is 142 Å². The maximum atomic E-state index is 12.5. The normalized spacial score (nSPS) is 16.2. The highest BCUT2D eigenvalue weighted by molar-refractivity contribution is 7.80. The van der Waals surface area contributed by atoms with Crippen molar-refractivity contribution >= 4 is 35.2 Å².